The highest BCUT2D eigenvalue weighted by Gasteiger charge is 2.10. The zero-order valence-electron chi connectivity index (χ0n) is 9.90. The van der Waals surface area contributed by atoms with Crippen molar-refractivity contribution in [3.63, 3.8) is 0 Å². The first-order valence-corrected chi connectivity index (χ1v) is 6.48. The molecule has 4 heteroatoms. The summed E-state index contributed by atoms with van der Waals surface area (Å²) >= 11 is 5.68. The minimum Gasteiger partial charge on any atom is -0.438 e. The summed E-state index contributed by atoms with van der Waals surface area (Å²) < 4.78 is 5.67. The second-order valence-corrected chi connectivity index (χ2v) is 4.82. The van der Waals surface area contributed by atoms with Crippen LogP contribution >= 0.6 is 11.6 Å². The van der Waals surface area contributed by atoms with Gasteiger partial charge in [0.2, 0.25) is 5.88 Å². The number of hydrogen-bond donors (Lipinski definition) is 0. The van der Waals surface area contributed by atoms with E-state index in [0.717, 1.165) is 12.2 Å². The van der Waals surface area contributed by atoms with E-state index in [0.29, 0.717) is 11.0 Å². The van der Waals surface area contributed by atoms with E-state index in [2.05, 4.69) is 22.3 Å². The highest BCUT2D eigenvalue weighted by molar-refractivity contribution is 6.29. The zero-order chi connectivity index (χ0) is 12.4. The van der Waals surface area contributed by atoms with Crippen molar-refractivity contribution in [2.75, 3.05) is 0 Å². The lowest BCUT2D eigenvalue weighted by Gasteiger charge is -2.16. The number of aryl methyl sites for hydroxylation is 2. The first-order chi connectivity index (χ1) is 8.81. The van der Waals surface area contributed by atoms with E-state index in [4.69, 9.17) is 16.3 Å². The van der Waals surface area contributed by atoms with Gasteiger partial charge >= 0.3 is 0 Å². The van der Waals surface area contributed by atoms with Crippen LogP contribution in [0.15, 0.2) is 30.3 Å². The third kappa shape index (κ3) is 2.46. The zero-order valence-corrected chi connectivity index (χ0v) is 10.7. The molecule has 3 rings (SSSR count). The topological polar surface area (TPSA) is 35.0 Å². The van der Waals surface area contributed by atoms with Crippen LogP contribution in [0.4, 0.5) is 0 Å². The molecule has 2 aromatic rings. The number of aromatic nitrogens is 2. The standard InChI is InChI=1S/C14H13ClN2O/c15-13-7-8-14(17-16-13)18-12-6-5-10-3-1-2-4-11(10)9-12/h5-9H,1-4H2. The van der Waals surface area contributed by atoms with Crippen LogP contribution in [-0.2, 0) is 12.8 Å². The van der Waals surface area contributed by atoms with Crippen molar-refractivity contribution < 1.29 is 4.74 Å². The quantitative estimate of drug-likeness (QED) is 0.824. The fourth-order valence-corrected chi connectivity index (χ4v) is 2.35. The van der Waals surface area contributed by atoms with E-state index in [1.165, 1.54) is 30.4 Å². The lowest BCUT2D eigenvalue weighted by molar-refractivity contribution is 0.454. The summed E-state index contributed by atoms with van der Waals surface area (Å²) in [5, 5.41) is 8.00. The first-order valence-electron chi connectivity index (χ1n) is 6.10. The number of benzene rings is 1. The molecular weight excluding hydrogens is 248 g/mol. The van der Waals surface area contributed by atoms with Gasteiger partial charge in [-0.1, -0.05) is 17.7 Å². The molecule has 0 N–H and O–H groups in total. The molecule has 1 aromatic heterocycles. The number of nitrogens with zero attached hydrogens (tertiary/aromatic N) is 2. The van der Waals surface area contributed by atoms with Crippen molar-refractivity contribution in [1.29, 1.82) is 0 Å². The summed E-state index contributed by atoms with van der Waals surface area (Å²) in [4.78, 5) is 0. The predicted octanol–water partition coefficient (Wildman–Crippen LogP) is 3.80. The maximum absolute atomic E-state index is 5.68. The third-order valence-corrected chi connectivity index (χ3v) is 3.35. The summed E-state index contributed by atoms with van der Waals surface area (Å²) in [6.07, 6.45) is 4.86. The van der Waals surface area contributed by atoms with Crippen molar-refractivity contribution in [3.8, 4) is 11.6 Å². The summed E-state index contributed by atoms with van der Waals surface area (Å²) in [6.45, 7) is 0. The van der Waals surface area contributed by atoms with E-state index >= 15 is 0 Å². The Kier molecular flexibility index (Phi) is 3.15. The van der Waals surface area contributed by atoms with Crippen LogP contribution in [-0.4, -0.2) is 10.2 Å². The Balaban J connectivity index is 1.82. The molecule has 1 heterocycles. The van der Waals surface area contributed by atoms with Gasteiger partial charge in [-0.2, -0.15) is 0 Å². The van der Waals surface area contributed by atoms with Crippen LogP contribution < -0.4 is 4.74 Å². The summed E-state index contributed by atoms with van der Waals surface area (Å²) in [5.41, 5.74) is 2.83. The number of rotatable bonds is 2. The van der Waals surface area contributed by atoms with E-state index in [1.807, 2.05) is 6.07 Å². The van der Waals surface area contributed by atoms with Crippen LogP contribution in [0.1, 0.15) is 24.0 Å². The molecule has 0 saturated heterocycles. The van der Waals surface area contributed by atoms with Gasteiger partial charge < -0.3 is 4.74 Å². The second-order valence-electron chi connectivity index (χ2n) is 4.43. The highest BCUT2D eigenvalue weighted by atomic mass is 35.5. The summed E-state index contributed by atoms with van der Waals surface area (Å²) in [7, 11) is 0. The van der Waals surface area contributed by atoms with Gasteiger partial charge in [-0.25, -0.2) is 0 Å². The van der Waals surface area contributed by atoms with Crippen molar-refractivity contribution in [2.45, 2.75) is 25.7 Å². The van der Waals surface area contributed by atoms with Crippen molar-refractivity contribution in [3.05, 3.63) is 46.6 Å². The molecule has 0 saturated carbocycles. The molecule has 0 spiro atoms. The highest BCUT2D eigenvalue weighted by Crippen LogP contribution is 2.27. The molecule has 0 bridgehead atoms. The van der Waals surface area contributed by atoms with E-state index in [-0.39, 0.29) is 0 Å². The molecule has 0 aliphatic heterocycles. The monoisotopic (exact) mass is 260 g/mol. The molecule has 0 amide bonds. The van der Waals surface area contributed by atoms with Crippen molar-refractivity contribution >= 4 is 11.6 Å². The average molecular weight is 261 g/mol. The van der Waals surface area contributed by atoms with E-state index in [1.54, 1.807) is 12.1 Å². The normalized spacial score (nSPS) is 14.1. The van der Waals surface area contributed by atoms with Crippen molar-refractivity contribution in [1.82, 2.24) is 10.2 Å². The number of ether oxygens (including phenoxy) is 1. The van der Waals surface area contributed by atoms with Crippen LogP contribution in [0, 0.1) is 0 Å². The molecule has 0 atom stereocenters. The Morgan fingerprint density at radius 3 is 2.56 bits per heavy atom. The maximum atomic E-state index is 5.68. The van der Waals surface area contributed by atoms with Gasteiger partial charge in [0.05, 0.1) is 0 Å². The van der Waals surface area contributed by atoms with Gasteiger partial charge in [0.25, 0.3) is 0 Å². The fraction of sp³-hybridized carbons (Fsp3) is 0.286. The minimum atomic E-state index is 0.368. The van der Waals surface area contributed by atoms with Gasteiger partial charge in [-0.3, -0.25) is 0 Å². The molecule has 3 nitrogen and oxygen atoms in total. The Bertz CT molecular complexity index is 554. The molecular formula is C14H13ClN2O. The van der Waals surface area contributed by atoms with Gasteiger partial charge in [-0.05, 0) is 55.0 Å². The van der Waals surface area contributed by atoms with Gasteiger partial charge in [0, 0.05) is 6.07 Å². The largest absolute Gasteiger partial charge is 0.438 e. The van der Waals surface area contributed by atoms with Gasteiger partial charge in [0.1, 0.15) is 5.75 Å². The molecule has 0 unspecified atom stereocenters. The lowest BCUT2D eigenvalue weighted by atomic mass is 9.92. The molecule has 0 fully saturated rings. The Labute approximate surface area is 111 Å². The number of halogens is 1. The van der Waals surface area contributed by atoms with Crippen LogP contribution in [0.5, 0.6) is 11.6 Å². The first kappa shape index (κ1) is 11.5. The molecule has 1 aliphatic rings. The molecule has 18 heavy (non-hydrogen) atoms. The SMILES string of the molecule is Clc1ccc(Oc2ccc3c(c2)CCCC3)nn1. The third-order valence-electron chi connectivity index (χ3n) is 3.15. The summed E-state index contributed by atoms with van der Waals surface area (Å²) in [5.74, 6) is 1.28. The average Bonchev–Trinajstić information content (AvgIpc) is 2.41. The second kappa shape index (κ2) is 4.94. The Morgan fingerprint density at radius 1 is 0.944 bits per heavy atom. The minimum absolute atomic E-state index is 0.368. The number of hydrogen-bond acceptors (Lipinski definition) is 3. The van der Waals surface area contributed by atoms with Crippen LogP contribution in [0.3, 0.4) is 0 Å². The molecule has 92 valence electrons. The molecule has 0 radical (unpaired) electrons. The Morgan fingerprint density at radius 2 is 1.78 bits per heavy atom. The predicted molar refractivity (Wildman–Crippen MR) is 70.2 cm³/mol. The van der Waals surface area contributed by atoms with Crippen LogP contribution in [0.25, 0.3) is 0 Å². The molecule has 1 aromatic carbocycles. The van der Waals surface area contributed by atoms with Crippen LogP contribution in [0.2, 0.25) is 5.15 Å². The van der Waals surface area contributed by atoms with E-state index < -0.39 is 0 Å². The molecule has 1 aliphatic carbocycles. The number of fused-ring (bicyclic) bond motifs is 1. The fourth-order valence-electron chi connectivity index (χ4n) is 2.25. The van der Waals surface area contributed by atoms with Gasteiger partial charge in [0.15, 0.2) is 5.15 Å². The van der Waals surface area contributed by atoms with Gasteiger partial charge in [-0.15, -0.1) is 10.2 Å². The smallest absolute Gasteiger partial charge is 0.238 e. The lowest BCUT2D eigenvalue weighted by Crippen LogP contribution is -2.02. The summed E-state index contributed by atoms with van der Waals surface area (Å²) in [6, 6.07) is 9.62. The Hall–Kier alpha value is -1.61. The maximum Gasteiger partial charge on any atom is 0.238 e. The van der Waals surface area contributed by atoms with E-state index in [9.17, 15) is 0 Å². The van der Waals surface area contributed by atoms with Crippen molar-refractivity contribution in [2.24, 2.45) is 0 Å².